The van der Waals surface area contributed by atoms with E-state index < -0.39 is 11.2 Å². The van der Waals surface area contributed by atoms with Gasteiger partial charge in [0.05, 0.1) is 16.2 Å². The number of rotatable bonds is 18. The molecule has 1 heterocycles. The van der Waals surface area contributed by atoms with Crippen molar-refractivity contribution in [1.29, 1.82) is 0 Å². The lowest BCUT2D eigenvalue weighted by Gasteiger charge is -2.24. The van der Waals surface area contributed by atoms with E-state index in [0.717, 1.165) is 55.2 Å². The van der Waals surface area contributed by atoms with Gasteiger partial charge in [-0.15, -0.1) is 11.8 Å². The van der Waals surface area contributed by atoms with Crippen molar-refractivity contribution in [1.82, 2.24) is 9.80 Å². The molecule has 246 valence electrons. The molecule has 2 amide bonds. The minimum Gasteiger partial charge on any atom is -0.478 e. The van der Waals surface area contributed by atoms with Gasteiger partial charge in [0.25, 0.3) is 0 Å². The second-order valence-corrected chi connectivity index (χ2v) is 13.4. The molecule has 0 saturated carbocycles. The fraction of sp³-hybridized carbons (Fsp3) is 0.432. The summed E-state index contributed by atoms with van der Waals surface area (Å²) in [5, 5.41) is 8.67. The van der Waals surface area contributed by atoms with Crippen molar-refractivity contribution in [3.8, 4) is 0 Å². The van der Waals surface area contributed by atoms with Crippen LogP contribution >= 0.6 is 11.8 Å². The molecule has 2 atom stereocenters. The van der Waals surface area contributed by atoms with Crippen LogP contribution in [0.4, 0.5) is 8.78 Å². The van der Waals surface area contributed by atoms with Gasteiger partial charge in [-0.3, -0.25) is 9.59 Å². The summed E-state index contributed by atoms with van der Waals surface area (Å²) in [5.74, 6) is -1.84. The predicted molar refractivity (Wildman–Crippen MR) is 178 cm³/mol. The van der Waals surface area contributed by atoms with Gasteiger partial charge in [0.2, 0.25) is 11.8 Å². The highest BCUT2D eigenvalue weighted by atomic mass is 32.2. The number of carbonyl (C=O) groups excluding carboxylic acids is 2. The van der Waals surface area contributed by atoms with E-state index >= 15 is 0 Å². The van der Waals surface area contributed by atoms with E-state index in [1.165, 1.54) is 43.5 Å². The molecule has 9 heteroatoms. The van der Waals surface area contributed by atoms with Crippen LogP contribution in [0.15, 0.2) is 72.8 Å². The summed E-state index contributed by atoms with van der Waals surface area (Å²) >= 11 is 1.59. The Bertz CT molecular complexity index is 1370. The predicted octanol–water partition coefficient (Wildman–Crippen LogP) is 8.24. The molecule has 6 nitrogen and oxygen atoms in total. The van der Waals surface area contributed by atoms with Crippen molar-refractivity contribution in [2.24, 2.45) is 0 Å². The molecule has 1 aliphatic rings. The van der Waals surface area contributed by atoms with Crippen LogP contribution in [0.2, 0.25) is 0 Å². The second-order valence-electron chi connectivity index (χ2n) is 12.0. The van der Waals surface area contributed by atoms with Gasteiger partial charge in [-0.05, 0) is 78.8 Å². The number of nitrogens with zero attached hydrogens (tertiary/aromatic N) is 2. The summed E-state index contributed by atoms with van der Waals surface area (Å²) < 4.78 is 27.1. The van der Waals surface area contributed by atoms with Crippen LogP contribution in [0.1, 0.15) is 91.8 Å². The second kappa shape index (κ2) is 17.8. The lowest BCUT2D eigenvalue weighted by atomic mass is 10.1. The summed E-state index contributed by atoms with van der Waals surface area (Å²) in [7, 11) is 0. The smallest absolute Gasteiger partial charge is 0.335 e. The van der Waals surface area contributed by atoms with Gasteiger partial charge >= 0.3 is 5.97 Å². The lowest BCUT2D eigenvalue weighted by molar-refractivity contribution is -0.136. The van der Waals surface area contributed by atoms with Gasteiger partial charge in [-0.1, -0.05) is 75.4 Å². The highest BCUT2D eigenvalue weighted by Crippen LogP contribution is 2.37. The number of amides is 2. The number of thioether (sulfide) groups is 1. The maximum atomic E-state index is 13.8. The quantitative estimate of drug-likeness (QED) is 0.140. The van der Waals surface area contributed by atoms with Crippen molar-refractivity contribution in [3.05, 3.63) is 107 Å². The summed E-state index contributed by atoms with van der Waals surface area (Å²) in [6, 6.07) is 18.9. The Morgan fingerprint density at radius 3 is 1.91 bits per heavy atom. The zero-order valence-corrected chi connectivity index (χ0v) is 27.3. The molecule has 1 aliphatic heterocycles. The number of aryl methyl sites for hydroxylation is 1. The number of benzene rings is 3. The molecule has 3 aromatic carbocycles. The SMILES string of the molecule is CCCCCCCC1SC(CC(=O)N(Cc2ccc(F)cc2)Cc2ccc(F)cc2)C(=O)N1CCCCc1ccc(C(=O)O)cc1. The first-order chi connectivity index (χ1) is 22.2. The molecule has 3 aromatic rings. The molecule has 1 N–H and O–H groups in total. The molecular formula is C37H44F2N2O4S. The molecule has 0 aromatic heterocycles. The zero-order chi connectivity index (χ0) is 32.9. The van der Waals surface area contributed by atoms with Crippen LogP contribution in [0.25, 0.3) is 0 Å². The number of hydrogen-bond donors (Lipinski definition) is 1. The van der Waals surface area contributed by atoms with Crippen LogP contribution < -0.4 is 0 Å². The third-order valence-electron chi connectivity index (χ3n) is 8.38. The Hall–Kier alpha value is -3.72. The molecule has 46 heavy (non-hydrogen) atoms. The minimum atomic E-state index is -0.945. The van der Waals surface area contributed by atoms with Crippen LogP contribution in [0.3, 0.4) is 0 Å². The number of halogens is 2. The molecular weight excluding hydrogens is 606 g/mol. The van der Waals surface area contributed by atoms with E-state index in [-0.39, 0.29) is 53.9 Å². The fourth-order valence-corrected chi connectivity index (χ4v) is 7.28. The number of hydrogen-bond acceptors (Lipinski definition) is 4. The van der Waals surface area contributed by atoms with Gasteiger partial charge in [-0.25, -0.2) is 13.6 Å². The number of aromatic carboxylic acids is 1. The van der Waals surface area contributed by atoms with Gasteiger partial charge in [0.1, 0.15) is 11.6 Å². The molecule has 2 unspecified atom stereocenters. The maximum absolute atomic E-state index is 13.8. The van der Waals surface area contributed by atoms with Crippen molar-refractivity contribution < 1.29 is 28.3 Å². The van der Waals surface area contributed by atoms with Crippen molar-refractivity contribution in [2.75, 3.05) is 6.54 Å². The van der Waals surface area contributed by atoms with E-state index in [1.807, 2.05) is 17.0 Å². The van der Waals surface area contributed by atoms with E-state index in [4.69, 9.17) is 5.11 Å². The van der Waals surface area contributed by atoms with Crippen LogP contribution in [0, 0.1) is 11.6 Å². The normalized spacial score (nSPS) is 16.2. The van der Waals surface area contributed by atoms with Gasteiger partial charge in [-0.2, -0.15) is 0 Å². The van der Waals surface area contributed by atoms with Crippen LogP contribution in [-0.2, 0) is 29.1 Å². The van der Waals surface area contributed by atoms with E-state index in [2.05, 4.69) is 6.92 Å². The Labute approximate surface area is 275 Å². The number of carboxylic acid groups (broad SMARTS) is 1. The Kier molecular flexibility index (Phi) is 13.6. The van der Waals surface area contributed by atoms with E-state index in [1.54, 1.807) is 53.1 Å². The zero-order valence-electron chi connectivity index (χ0n) is 26.5. The minimum absolute atomic E-state index is 0.00812. The monoisotopic (exact) mass is 650 g/mol. The highest BCUT2D eigenvalue weighted by molar-refractivity contribution is 8.01. The van der Waals surface area contributed by atoms with E-state index in [0.29, 0.717) is 6.54 Å². The molecule has 0 bridgehead atoms. The molecule has 1 saturated heterocycles. The molecule has 0 aliphatic carbocycles. The van der Waals surface area contributed by atoms with Crippen molar-refractivity contribution in [3.63, 3.8) is 0 Å². The number of carbonyl (C=O) groups is 3. The largest absolute Gasteiger partial charge is 0.478 e. The van der Waals surface area contributed by atoms with Crippen molar-refractivity contribution >= 4 is 29.5 Å². The van der Waals surface area contributed by atoms with Gasteiger partial charge < -0.3 is 14.9 Å². The van der Waals surface area contributed by atoms with Crippen LogP contribution in [0.5, 0.6) is 0 Å². The summed E-state index contributed by atoms with van der Waals surface area (Å²) in [4.78, 5) is 42.3. The lowest BCUT2D eigenvalue weighted by Crippen LogP contribution is -2.37. The Morgan fingerprint density at radius 1 is 0.783 bits per heavy atom. The molecule has 0 spiro atoms. The fourth-order valence-electron chi connectivity index (χ4n) is 5.75. The third-order valence-corrected chi connectivity index (χ3v) is 9.88. The summed E-state index contributed by atoms with van der Waals surface area (Å²) in [6.45, 7) is 3.29. The molecule has 0 radical (unpaired) electrons. The average molecular weight is 651 g/mol. The molecule has 1 fully saturated rings. The molecule has 4 rings (SSSR count). The summed E-state index contributed by atoms with van der Waals surface area (Å²) in [5.41, 5.74) is 2.86. The summed E-state index contributed by atoms with van der Waals surface area (Å²) in [6.07, 6.45) is 9.08. The average Bonchev–Trinajstić information content (AvgIpc) is 3.34. The number of unbranched alkanes of at least 4 members (excludes halogenated alkanes) is 5. The first kappa shape index (κ1) is 35.1. The van der Waals surface area contributed by atoms with Gasteiger partial charge in [0, 0.05) is 26.1 Å². The first-order valence-corrected chi connectivity index (χ1v) is 17.2. The highest BCUT2D eigenvalue weighted by Gasteiger charge is 2.41. The first-order valence-electron chi connectivity index (χ1n) is 16.3. The maximum Gasteiger partial charge on any atom is 0.335 e. The standard InChI is InChI=1S/C37H44F2N2O4S/c1-2-3-4-5-6-10-35-41(23-8-7-9-27-11-17-30(18-12-27)37(44)45)36(43)33(46-35)24-34(42)40(25-28-13-19-31(38)20-14-28)26-29-15-21-32(39)22-16-29/h11-22,33,35H,2-10,23-26H2,1H3,(H,44,45). The van der Waals surface area contributed by atoms with Crippen LogP contribution in [-0.4, -0.2) is 49.9 Å². The van der Waals surface area contributed by atoms with Gasteiger partial charge in [0.15, 0.2) is 0 Å². The Balaban J connectivity index is 1.40. The Morgan fingerprint density at radius 2 is 1.35 bits per heavy atom. The van der Waals surface area contributed by atoms with Crippen molar-refractivity contribution in [2.45, 2.75) is 94.8 Å². The topological polar surface area (TPSA) is 77.9 Å². The number of carboxylic acids is 1. The third kappa shape index (κ3) is 10.7. The van der Waals surface area contributed by atoms with E-state index in [9.17, 15) is 23.2 Å².